The van der Waals surface area contributed by atoms with E-state index in [1.54, 1.807) is 61.8 Å². The predicted molar refractivity (Wildman–Crippen MR) is 103 cm³/mol. The van der Waals surface area contributed by atoms with Gasteiger partial charge in [0.15, 0.2) is 11.5 Å². The summed E-state index contributed by atoms with van der Waals surface area (Å²) in [4.78, 5) is 28.2. The summed E-state index contributed by atoms with van der Waals surface area (Å²) in [5.41, 5.74) is 2.01. The van der Waals surface area contributed by atoms with E-state index in [4.69, 9.17) is 4.74 Å². The smallest absolute Gasteiger partial charge is 0.340 e. The number of ether oxygens (including phenoxy) is 1. The van der Waals surface area contributed by atoms with Crippen molar-refractivity contribution in [2.45, 2.75) is 13.5 Å². The average Bonchev–Trinajstić information content (AvgIpc) is 2.74. The van der Waals surface area contributed by atoms with Crippen LogP contribution in [0.15, 0.2) is 60.9 Å². The molecular formula is C20H19N5O3. The summed E-state index contributed by atoms with van der Waals surface area (Å²) in [6.45, 7) is 2.38. The molecular weight excluding hydrogens is 358 g/mol. The van der Waals surface area contributed by atoms with E-state index in [-0.39, 0.29) is 18.2 Å². The summed E-state index contributed by atoms with van der Waals surface area (Å²) >= 11 is 0. The highest BCUT2D eigenvalue weighted by atomic mass is 16.5. The second-order valence-electron chi connectivity index (χ2n) is 5.74. The molecule has 2 aromatic heterocycles. The van der Waals surface area contributed by atoms with E-state index >= 15 is 0 Å². The molecule has 0 saturated heterocycles. The Morgan fingerprint density at radius 2 is 1.89 bits per heavy atom. The van der Waals surface area contributed by atoms with Gasteiger partial charge in [-0.2, -0.15) is 0 Å². The van der Waals surface area contributed by atoms with Gasteiger partial charge in [-0.1, -0.05) is 18.2 Å². The molecule has 3 aromatic rings. The first-order valence-corrected chi connectivity index (χ1v) is 8.71. The average molecular weight is 377 g/mol. The van der Waals surface area contributed by atoms with Crippen molar-refractivity contribution in [1.29, 1.82) is 0 Å². The Morgan fingerprint density at radius 3 is 2.61 bits per heavy atom. The highest BCUT2D eigenvalue weighted by molar-refractivity contribution is 5.96. The lowest BCUT2D eigenvalue weighted by molar-refractivity contribution is 0.0527. The summed E-state index contributed by atoms with van der Waals surface area (Å²) in [5, 5.41) is 13.7. The monoisotopic (exact) mass is 377 g/mol. The van der Waals surface area contributed by atoms with Gasteiger partial charge in [0.05, 0.1) is 17.9 Å². The lowest BCUT2D eigenvalue weighted by atomic mass is 10.2. The molecule has 0 radical (unpaired) electrons. The summed E-state index contributed by atoms with van der Waals surface area (Å²) in [6.07, 6.45) is 3.35. The number of aromatic nitrogens is 3. The third-order valence-corrected chi connectivity index (χ3v) is 3.76. The Labute approximate surface area is 162 Å². The van der Waals surface area contributed by atoms with Crippen LogP contribution in [0.3, 0.4) is 0 Å². The fourth-order valence-electron chi connectivity index (χ4n) is 2.41. The van der Waals surface area contributed by atoms with Crippen molar-refractivity contribution < 1.29 is 14.3 Å². The van der Waals surface area contributed by atoms with Crippen molar-refractivity contribution in [2.24, 2.45) is 0 Å². The zero-order chi connectivity index (χ0) is 19.8. The molecule has 142 valence electrons. The molecule has 8 heteroatoms. The van der Waals surface area contributed by atoms with Crippen LogP contribution in [0, 0.1) is 0 Å². The van der Waals surface area contributed by atoms with Gasteiger partial charge in [0.1, 0.15) is 0 Å². The topological polar surface area (TPSA) is 106 Å². The van der Waals surface area contributed by atoms with Crippen LogP contribution < -0.4 is 10.6 Å². The van der Waals surface area contributed by atoms with Crippen LogP contribution in [0.5, 0.6) is 0 Å². The van der Waals surface area contributed by atoms with Crippen LogP contribution in [-0.4, -0.2) is 33.7 Å². The third-order valence-electron chi connectivity index (χ3n) is 3.76. The fourth-order valence-corrected chi connectivity index (χ4v) is 2.41. The Balaban J connectivity index is 1.65. The number of hydrogen-bond acceptors (Lipinski definition) is 7. The number of para-hydroxylation sites is 1. The number of carbonyl (C=O) groups is 2. The Hall–Kier alpha value is -3.81. The van der Waals surface area contributed by atoms with E-state index in [1.165, 1.54) is 0 Å². The maximum atomic E-state index is 12.2. The molecule has 0 atom stereocenters. The number of carbonyl (C=O) groups excluding carboxylic acids is 2. The minimum atomic E-state index is -0.426. The predicted octanol–water partition coefficient (Wildman–Crippen LogP) is 2.72. The molecule has 0 aliphatic heterocycles. The van der Waals surface area contributed by atoms with Crippen LogP contribution in [0.2, 0.25) is 0 Å². The SMILES string of the molecule is CCOC(=O)c1ccccc1Nc1ccc(C(=O)NCc2cccnc2)nn1. The molecule has 0 fully saturated rings. The molecule has 0 unspecified atom stereocenters. The van der Waals surface area contributed by atoms with Gasteiger partial charge in [0, 0.05) is 18.9 Å². The van der Waals surface area contributed by atoms with Gasteiger partial charge >= 0.3 is 5.97 Å². The van der Waals surface area contributed by atoms with Crippen LogP contribution in [0.4, 0.5) is 11.5 Å². The zero-order valence-electron chi connectivity index (χ0n) is 15.3. The summed E-state index contributed by atoms with van der Waals surface area (Å²) in [6, 6.07) is 13.8. The number of nitrogens with one attached hydrogen (secondary N) is 2. The van der Waals surface area contributed by atoms with Crippen LogP contribution in [0.1, 0.15) is 33.3 Å². The number of hydrogen-bond donors (Lipinski definition) is 2. The highest BCUT2D eigenvalue weighted by Crippen LogP contribution is 2.20. The van der Waals surface area contributed by atoms with Crippen molar-refractivity contribution in [3.8, 4) is 0 Å². The van der Waals surface area contributed by atoms with Gasteiger partial charge in [-0.25, -0.2) is 4.79 Å². The maximum absolute atomic E-state index is 12.2. The lowest BCUT2D eigenvalue weighted by Gasteiger charge is -2.10. The standard InChI is InChI=1S/C20H19N5O3/c1-2-28-20(27)15-7-3-4-8-16(15)23-18-10-9-17(24-25-18)19(26)22-13-14-6-5-11-21-12-14/h3-12H,2,13H2,1H3,(H,22,26)(H,23,25). The molecule has 2 heterocycles. The van der Waals surface area contributed by atoms with E-state index in [0.29, 0.717) is 23.6 Å². The van der Waals surface area contributed by atoms with E-state index < -0.39 is 5.97 Å². The first-order chi connectivity index (χ1) is 13.7. The normalized spacial score (nSPS) is 10.2. The van der Waals surface area contributed by atoms with Gasteiger partial charge in [-0.05, 0) is 42.8 Å². The van der Waals surface area contributed by atoms with Gasteiger partial charge in [0.2, 0.25) is 0 Å². The molecule has 0 spiro atoms. The molecule has 2 N–H and O–H groups in total. The zero-order valence-corrected chi connectivity index (χ0v) is 15.3. The van der Waals surface area contributed by atoms with Crippen molar-refractivity contribution in [3.63, 3.8) is 0 Å². The fraction of sp³-hybridized carbons (Fsp3) is 0.150. The van der Waals surface area contributed by atoms with Crippen molar-refractivity contribution in [1.82, 2.24) is 20.5 Å². The molecule has 0 aliphatic rings. The first-order valence-electron chi connectivity index (χ1n) is 8.71. The van der Waals surface area contributed by atoms with Crippen LogP contribution in [-0.2, 0) is 11.3 Å². The summed E-state index contributed by atoms with van der Waals surface area (Å²) in [7, 11) is 0. The van der Waals surface area contributed by atoms with Gasteiger partial charge in [-0.15, -0.1) is 10.2 Å². The molecule has 1 amide bonds. The number of nitrogens with zero attached hydrogens (tertiary/aromatic N) is 3. The van der Waals surface area contributed by atoms with E-state index in [1.807, 2.05) is 6.07 Å². The number of amides is 1. The third kappa shape index (κ3) is 4.88. The quantitative estimate of drug-likeness (QED) is 0.610. The molecule has 0 aliphatic carbocycles. The highest BCUT2D eigenvalue weighted by Gasteiger charge is 2.13. The van der Waals surface area contributed by atoms with Crippen LogP contribution in [0.25, 0.3) is 0 Å². The Bertz CT molecular complexity index is 946. The maximum Gasteiger partial charge on any atom is 0.340 e. The molecule has 0 saturated carbocycles. The summed E-state index contributed by atoms with van der Waals surface area (Å²) < 4.78 is 5.05. The number of rotatable bonds is 7. The van der Waals surface area contributed by atoms with Gasteiger partial charge in [-0.3, -0.25) is 9.78 Å². The minimum Gasteiger partial charge on any atom is -0.462 e. The molecule has 3 rings (SSSR count). The van der Waals surface area contributed by atoms with Crippen molar-refractivity contribution in [3.05, 3.63) is 77.7 Å². The first kappa shape index (κ1) is 19.0. The molecule has 0 bridgehead atoms. The van der Waals surface area contributed by atoms with E-state index in [0.717, 1.165) is 5.56 Å². The number of anilines is 2. The molecule has 8 nitrogen and oxygen atoms in total. The van der Waals surface area contributed by atoms with Gasteiger partial charge in [0.25, 0.3) is 5.91 Å². The second kappa shape index (κ2) is 9.22. The van der Waals surface area contributed by atoms with Crippen molar-refractivity contribution >= 4 is 23.4 Å². The summed E-state index contributed by atoms with van der Waals surface area (Å²) in [5.74, 6) is -0.361. The number of pyridine rings is 1. The van der Waals surface area contributed by atoms with Crippen molar-refractivity contribution in [2.75, 3.05) is 11.9 Å². The molecule has 28 heavy (non-hydrogen) atoms. The van der Waals surface area contributed by atoms with Crippen LogP contribution >= 0.6 is 0 Å². The van der Waals surface area contributed by atoms with Gasteiger partial charge < -0.3 is 15.4 Å². The Morgan fingerprint density at radius 1 is 1.04 bits per heavy atom. The van der Waals surface area contributed by atoms with E-state index in [2.05, 4.69) is 25.8 Å². The largest absolute Gasteiger partial charge is 0.462 e. The van der Waals surface area contributed by atoms with E-state index in [9.17, 15) is 9.59 Å². The number of esters is 1. The number of benzene rings is 1. The minimum absolute atomic E-state index is 0.188. The lowest BCUT2D eigenvalue weighted by Crippen LogP contribution is -2.24. The Kier molecular flexibility index (Phi) is 6.25. The second-order valence-corrected chi connectivity index (χ2v) is 5.74. The molecule has 1 aromatic carbocycles.